The third-order valence-corrected chi connectivity index (χ3v) is 5.91. The first-order chi connectivity index (χ1) is 13.8. The maximum Gasteiger partial charge on any atom is 0.0235 e. The van der Waals surface area contributed by atoms with Gasteiger partial charge in [0.1, 0.15) is 0 Å². The van der Waals surface area contributed by atoms with E-state index in [0.29, 0.717) is 0 Å². The molecule has 0 bridgehead atoms. The van der Waals surface area contributed by atoms with Crippen LogP contribution in [0.25, 0.3) is 21.5 Å². The van der Waals surface area contributed by atoms with E-state index >= 15 is 0 Å². The highest BCUT2D eigenvalue weighted by Crippen LogP contribution is 2.19. The van der Waals surface area contributed by atoms with Gasteiger partial charge in [-0.1, -0.05) is 72.8 Å². The van der Waals surface area contributed by atoms with Gasteiger partial charge in [0.25, 0.3) is 0 Å². The van der Waals surface area contributed by atoms with Crippen LogP contribution >= 0.6 is 0 Å². The van der Waals surface area contributed by atoms with Crippen molar-refractivity contribution in [3.8, 4) is 0 Å². The molecule has 0 aliphatic carbocycles. The lowest BCUT2D eigenvalue weighted by Crippen LogP contribution is -2.45. The Bertz CT molecular complexity index is 1000. The zero-order chi connectivity index (χ0) is 18.8. The molecular formula is C26H26N2. The van der Waals surface area contributed by atoms with E-state index in [1.54, 1.807) is 0 Å². The molecule has 0 spiro atoms. The molecule has 2 nitrogen and oxygen atoms in total. The Morgan fingerprint density at radius 2 is 0.857 bits per heavy atom. The summed E-state index contributed by atoms with van der Waals surface area (Å²) in [7, 11) is 0. The summed E-state index contributed by atoms with van der Waals surface area (Å²) < 4.78 is 0. The van der Waals surface area contributed by atoms with Crippen LogP contribution in [-0.4, -0.2) is 36.0 Å². The van der Waals surface area contributed by atoms with Crippen molar-refractivity contribution in [2.45, 2.75) is 13.1 Å². The monoisotopic (exact) mass is 366 g/mol. The minimum atomic E-state index is 1.05. The third kappa shape index (κ3) is 3.80. The van der Waals surface area contributed by atoms with Gasteiger partial charge in [-0.05, 0) is 44.8 Å². The number of nitrogens with zero attached hydrogens (tertiary/aromatic N) is 2. The van der Waals surface area contributed by atoms with Crippen molar-refractivity contribution in [1.82, 2.24) is 9.80 Å². The SMILES string of the molecule is c1ccc2cc(CN3CCN(Cc4ccc5ccccc5c4)CC3)ccc2c1. The van der Waals surface area contributed by atoms with E-state index in [0.717, 1.165) is 39.3 Å². The van der Waals surface area contributed by atoms with Gasteiger partial charge in [-0.2, -0.15) is 0 Å². The number of piperazine rings is 1. The largest absolute Gasteiger partial charge is 0.297 e. The lowest BCUT2D eigenvalue weighted by atomic mass is 10.1. The number of rotatable bonds is 4. The van der Waals surface area contributed by atoms with E-state index in [1.165, 1.54) is 32.7 Å². The number of fused-ring (bicyclic) bond motifs is 2. The maximum absolute atomic E-state index is 2.58. The maximum atomic E-state index is 2.58. The van der Waals surface area contributed by atoms with Crippen LogP contribution in [0.4, 0.5) is 0 Å². The van der Waals surface area contributed by atoms with Gasteiger partial charge in [0.2, 0.25) is 0 Å². The normalized spacial score (nSPS) is 16.0. The van der Waals surface area contributed by atoms with Crippen molar-refractivity contribution in [2.75, 3.05) is 26.2 Å². The van der Waals surface area contributed by atoms with Gasteiger partial charge < -0.3 is 0 Å². The Morgan fingerprint density at radius 1 is 0.464 bits per heavy atom. The van der Waals surface area contributed by atoms with Crippen molar-refractivity contribution in [3.05, 3.63) is 96.1 Å². The van der Waals surface area contributed by atoms with Gasteiger partial charge in [0.15, 0.2) is 0 Å². The Kier molecular flexibility index (Phi) is 4.82. The smallest absolute Gasteiger partial charge is 0.0235 e. The van der Waals surface area contributed by atoms with Crippen molar-refractivity contribution < 1.29 is 0 Å². The fourth-order valence-electron chi connectivity index (χ4n) is 4.30. The van der Waals surface area contributed by atoms with Gasteiger partial charge in [0.05, 0.1) is 0 Å². The van der Waals surface area contributed by atoms with Gasteiger partial charge in [-0.15, -0.1) is 0 Å². The second-order valence-electron chi connectivity index (χ2n) is 7.92. The topological polar surface area (TPSA) is 6.48 Å². The van der Waals surface area contributed by atoms with Crippen molar-refractivity contribution in [3.63, 3.8) is 0 Å². The van der Waals surface area contributed by atoms with Crippen LogP contribution in [-0.2, 0) is 13.1 Å². The van der Waals surface area contributed by atoms with E-state index in [1.807, 2.05) is 0 Å². The number of hydrogen-bond acceptors (Lipinski definition) is 2. The predicted molar refractivity (Wildman–Crippen MR) is 118 cm³/mol. The van der Waals surface area contributed by atoms with Gasteiger partial charge >= 0.3 is 0 Å². The van der Waals surface area contributed by atoms with E-state index in [-0.39, 0.29) is 0 Å². The summed E-state index contributed by atoms with van der Waals surface area (Å²) in [6.07, 6.45) is 0. The van der Waals surface area contributed by atoms with Crippen molar-refractivity contribution in [2.24, 2.45) is 0 Å². The van der Waals surface area contributed by atoms with Crippen LogP contribution in [0.2, 0.25) is 0 Å². The van der Waals surface area contributed by atoms with Gasteiger partial charge in [0, 0.05) is 39.3 Å². The average molecular weight is 367 g/mol. The highest BCUT2D eigenvalue weighted by Gasteiger charge is 2.17. The number of hydrogen-bond donors (Lipinski definition) is 0. The van der Waals surface area contributed by atoms with Crippen molar-refractivity contribution >= 4 is 21.5 Å². The third-order valence-electron chi connectivity index (χ3n) is 5.91. The molecule has 5 rings (SSSR count). The first-order valence-electron chi connectivity index (χ1n) is 10.2. The molecular weight excluding hydrogens is 340 g/mol. The van der Waals surface area contributed by atoms with Crippen LogP contribution in [0.1, 0.15) is 11.1 Å². The molecule has 1 saturated heterocycles. The molecule has 0 radical (unpaired) electrons. The van der Waals surface area contributed by atoms with E-state index in [9.17, 15) is 0 Å². The molecule has 1 fully saturated rings. The standard InChI is InChI=1S/C26H26N2/c1-3-7-25-17-21(9-11-23(25)5-1)19-27-13-15-28(16-14-27)20-22-10-12-24-6-2-4-8-26(24)18-22/h1-12,17-18H,13-16,19-20H2. The molecule has 0 N–H and O–H groups in total. The molecule has 0 amide bonds. The van der Waals surface area contributed by atoms with Crippen LogP contribution in [0.5, 0.6) is 0 Å². The van der Waals surface area contributed by atoms with E-state index < -0.39 is 0 Å². The number of benzene rings is 4. The molecule has 4 aromatic carbocycles. The minimum Gasteiger partial charge on any atom is -0.297 e. The molecule has 0 saturated carbocycles. The average Bonchev–Trinajstić information content (AvgIpc) is 2.75. The summed E-state index contributed by atoms with van der Waals surface area (Å²) in [5.41, 5.74) is 2.84. The van der Waals surface area contributed by atoms with Crippen molar-refractivity contribution in [1.29, 1.82) is 0 Å². The first-order valence-corrected chi connectivity index (χ1v) is 10.2. The lowest BCUT2D eigenvalue weighted by Gasteiger charge is -2.34. The lowest BCUT2D eigenvalue weighted by molar-refractivity contribution is 0.122. The Morgan fingerprint density at radius 3 is 1.29 bits per heavy atom. The predicted octanol–water partition coefficient (Wildman–Crippen LogP) is 5.31. The molecule has 0 aromatic heterocycles. The molecule has 1 heterocycles. The molecule has 1 aliphatic heterocycles. The van der Waals surface area contributed by atoms with E-state index in [2.05, 4.69) is 94.7 Å². The summed E-state index contributed by atoms with van der Waals surface area (Å²) >= 11 is 0. The quantitative estimate of drug-likeness (QED) is 0.483. The first kappa shape index (κ1) is 17.4. The van der Waals surface area contributed by atoms with E-state index in [4.69, 9.17) is 0 Å². The molecule has 0 unspecified atom stereocenters. The minimum absolute atomic E-state index is 1.05. The van der Waals surface area contributed by atoms with Crippen LogP contribution in [0.15, 0.2) is 84.9 Å². The molecule has 2 heteroatoms. The molecule has 140 valence electrons. The fraction of sp³-hybridized carbons (Fsp3) is 0.231. The molecule has 1 aliphatic rings. The Balaban J connectivity index is 1.19. The highest BCUT2D eigenvalue weighted by atomic mass is 15.3. The molecule has 28 heavy (non-hydrogen) atoms. The molecule has 0 atom stereocenters. The zero-order valence-corrected chi connectivity index (χ0v) is 16.2. The fourth-order valence-corrected chi connectivity index (χ4v) is 4.30. The summed E-state index contributed by atoms with van der Waals surface area (Å²) in [5.74, 6) is 0. The highest BCUT2D eigenvalue weighted by molar-refractivity contribution is 5.83. The second kappa shape index (κ2) is 7.75. The van der Waals surface area contributed by atoms with Gasteiger partial charge in [-0.3, -0.25) is 9.80 Å². The second-order valence-corrected chi connectivity index (χ2v) is 7.92. The summed E-state index contributed by atoms with van der Waals surface area (Å²) in [6, 6.07) is 31.0. The summed E-state index contributed by atoms with van der Waals surface area (Å²) in [6.45, 7) is 6.66. The Labute approximate surface area is 167 Å². The van der Waals surface area contributed by atoms with Crippen LogP contribution in [0.3, 0.4) is 0 Å². The van der Waals surface area contributed by atoms with Crippen LogP contribution < -0.4 is 0 Å². The summed E-state index contributed by atoms with van der Waals surface area (Å²) in [5, 5.41) is 5.34. The molecule has 4 aromatic rings. The Hall–Kier alpha value is -2.68. The zero-order valence-electron chi connectivity index (χ0n) is 16.2. The van der Waals surface area contributed by atoms with Gasteiger partial charge in [-0.25, -0.2) is 0 Å². The summed E-state index contributed by atoms with van der Waals surface area (Å²) in [4.78, 5) is 5.17. The van der Waals surface area contributed by atoms with Crippen LogP contribution in [0, 0.1) is 0 Å².